The van der Waals surface area contributed by atoms with Gasteiger partial charge in [0, 0.05) is 38.7 Å². The Bertz CT molecular complexity index is 190. The lowest BCUT2D eigenvalue weighted by molar-refractivity contribution is 0.137. The van der Waals surface area contributed by atoms with E-state index in [1.807, 2.05) is 0 Å². The number of aliphatic hydroxyl groups is 1. The van der Waals surface area contributed by atoms with Crippen molar-refractivity contribution < 1.29 is 5.11 Å². The predicted octanol–water partition coefficient (Wildman–Crippen LogP) is 0.430. The van der Waals surface area contributed by atoms with Gasteiger partial charge in [0.2, 0.25) is 0 Å². The zero-order valence-corrected chi connectivity index (χ0v) is 8.91. The highest BCUT2D eigenvalue weighted by Crippen LogP contribution is 2.48. The SMILES string of the molecule is NCCN1CC(CO)C2(CCCC2)C1. The van der Waals surface area contributed by atoms with Gasteiger partial charge in [-0.3, -0.25) is 0 Å². The molecule has 0 aromatic carbocycles. The minimum Gasteiger partial charge on any atom is -0.396 e. The third-order valence-corrected chi connectivity index (χ3v) is 4.15. The number of nitrogens with zero attached hydrogens (tertiary/aromatic N) is 1. The lowest BCUT2D eigenvalue weighted by Crippen LogP contribution is -2.30. The molecule has 1 spiro atoms. The second kappa shape index (κ2) is 4.17. The highest BCUT2D eigenvalue weighted by atomic mass is 16.3. The van der Waals surface area contributed by atoms with Gasteiger partial charge >= 0.3 is 0 Å². The van der Waals surface area contributed by atoms with E-state index in [-0.39, 0.29) is 0 Å². The van der Waals surface area contributed by atoms with Crippen LogP contribution in [0.5, 0.6) is 0 Å². The Morgan fingerprint density at radius 3 is 2.64 bits per heavy atom. The smallest absolute Gasteiger partial charge is 0.0477 e. The quantitative estimate of drug-likeness (QED) is 0.691. The van der Waals surface area contributed by atoms with Crippen molar-refractivity contribution in [2.75, 3.05) is 32.8 Å². The van der Waals surface area contributed by atoms with Gasteiger partial charge in [0.05, 0.1) is 0 Å². The summed E-state index contributed by atoms with van der Waals surface area (Å²) in [6.07, 6.45) is 5.35. The molecule has 2 aliphatic rings. The van der Waals surface area contributed by atoms with Gasteiger partial charge in [0.1, 0.15) is 0 Å². The number of aliphatic hydroxyl groups excluding tert-OH is 1. The Kier molecular flexibility index (Phi) is 3.10. The number of rotatable bonds is 3. The summed E-state index contributed by atoms with van der Waals surface area (Å²) in [5.41, 5.74) is 6.03. The molecule has 0 aromatic heterocycles. The lowest BCUT2D eigenvalue weighted by Gasteiger charge is -2.28. The summed E-state index contributed by atoms with van der Waals surface area (Å²) in [4.78, 5) is 2.44. The summed E-state index contributed by atoms with van der Waals surface area (Å²) in [5.74, 6) is 0.511. The van der Waals surface area contributed by atoms with Crippen LogP contribution in [0.4, 0.5) is 0 Å². The largest absolute Gasteiger partial charge is 0.396 e. The van der Waals surface area contributed by atoms with Crippen LogP contribution in [-0.4, -0.2) is 42.8 Å². The van der Waals surface area contributed by atoms with Crippen molar-refractivity contribution in [1.29, 1.82) is 0 Å². The maximum absolute atomic E-state index is 9.42. The van der Waals surface area contributed by atoms with Crippen molar-refractivity contribution in [2.24, 2.45) is 17.1 Å². The summed E-state index contributed by atoms with van der Waals surface area (Å²) < 4.78 is 0. The van der Waals surface area contributed by atoms with Crippen molar-refractivity contribution in [2.45, 2.75) is 25.7 Å². The van der Waals surface area contributed by atoms with Crippen LogP contribution in [0.25, 0.3) is 0 Å². The van der Waals surface area contributed by atoms with Crippen LogP contribution < -0.4 is 5.73 Å². The van der Waals surface area contributed by atoms with E-state index in [9.17, 15) is 5.11 Å². The van der Waals surface area contributed by atoms with E-state index in [1.54, 1.807) is 0 Å². The average molecular weight is 198 g/mol. The monoisotopic (exact) mass is 198 g/mol. The van der Waals surface area contributed by atoms with E-state index in [0.29, 0.717) is 17.9 Å². The molecule has 1 aliphatic carbocycles. The van der Waals surface area contributed by atoms with E-state index >= 15 is 0 Å². The first-order valence-electron chi connectivity index (χ1n) is 5.84. The van der Waals surface area contributed by atoms with Crippen molar-refractivity contribution in [1.82, 2.24) is 4.90 Å². The zero-order valence-electron chi connectivity index (χ0n) is 8.91. The standard InChI is InChI=1S/C11H22N2O/c12-5-6-13-7-10(8-14)11(9-13)3-1-2-4-11/h10,14H,1-9,12H2. The minimum absolute atomic E-state index is 0.362. The van der Waals surface area contributed by atoms with Gasteiger partial charge in [-0.1, -0.05) is 12.8 Å². The third-order valence-electron chi connectivity index (χ3n) is 4.15. The molecule has 1 saturated heterocycles. The molecular formula is C11H22N2O. The average Bonchev–Trinajstić information content (AvgIpc) is 2.76. The van der Waals surface area contributed by atoms with Crippen LogP contribution in [0, 0.1) is 11.3 Å². The zero-order chi connectivity index (χ0) is 10.0. The molecule has 3 heteroatoms. The molecule has 0 bridgehead atoms. The molecule has 0 radical (unpaired) electrons. The third kappa shape index (κ3) is 1.69. The van der Waals surface area contributed by atoms with Crippen LogP contribution >= 0.6 is 0 Å². The first-order valence-corrected chi connectivity index (χ1v) is 5.84. The normalized spacial score (nSPS) is 31.7. The molecule has 1 atom stereocenters. The van der Waals surface area contributed by atoms with Crippen LogP contribution in [0.1, 0.15) is 25.7 Å². The lowest BCUT2D eigenvalue weighted by atomic mass is 9.77. The highest BCUT2D eigenvalue weighted by Gasteiger charge is 2.46. The Morgan fingerprint density at radius 1 is 1.36 bits per heavy atom. The summed E-state index contributed by atoms with van der Waals surface area (Å²) in [6.45, 7) is 4.34. The van der Waals surface area contributed by atoms with Gasteiger partial charge in [-0.25, -0.2) is 0 Å². The molecule has 1 saturated carbocycles. The molecule has 3 N–H and O–H groups in total. The molecule has 0 aromatic rings. The van der Waals surface area contributed by atoms with Gasteiger partial charge in [-0.05, 0) is 18.3 Å². The summed E-state index contributed by atoms with van der Waals surface area (Å²) in [7, 11) is 0. The molecule has 2 rings (SSSR count). The second-order valence-electron chi connectivity index (χ2n) is 4.97. The van der Waals surface area contributed by atoms with Crippen molar-refractivity contribution in [3.8, 4) is 0 Å². The number of nitrogens with two attached hydrogens (primary N) is 1. The molecule has 3 nitrogen and oxygen atoms in total. The molecule has 1 heterocycles. The fourth-order valence-corrected chi connectivity index (χ4v) is 3.39. The second-order valence-corrected chi connectivity index (χ2v) is 4.97. The van der Waals surface area contributed by atoms with E-state index in [1.165, 1.54) is 32.2 Å². The van der Waals surface area contributed by atoms with Crippen LogP contribution in [-0.2, 0) is 0 Å². The maximum atomic E-state index is 9.42. The van der Waals surface area contributed by atoms with E-state index in [2.05, 4.69) is 4.90 Å². The molecule has 82 valence electrons. The number of hydrogen-bond acceptors (Lipinski definition) is 3. The van der Waals surface area contributed by atoms with Crippen molar-refractivity contribution in [3.05, 3.63) is 0 Å². The Labute approximate surface area is 86.3 Å². The number of hydrogen-bond donors (Lipinski definition) is 2. The van der Waals surface area contributed by atoms with Crippen LogP contribution in [0.3, 0.4) is 0 Å². The maximum Gasteiger partial charge on any atom is 0.0477 e. The van der Waals surface area contributed by atoms with Gasteiger partial charge < -0.3 is 15.7 Å². The Morgan fingerprint density at radius 2 is 2.07 bits per heavy atom. The van der Waals surface area contributed by atoms with Gasteiger partial charge in [0.25, 0.3) is 0 Å². The van der Waals surface area contributed by atoms with Crippen molar-refractivity contribution in [3.63, 3.8) is 0 Å². The Hall–Kier alpha value is -0.120. The molecule has 14 heavy (non-hydrogen) atoms. The Balaban J connectivity index is 2.01. The fraction of sp³-hybridized carbons (Fsp3) is 1.00. The molecule has 1 unspecified atom stereocenters. The first kappa shape index (κ1) is 10.4. The molecular weight excluding hydrogens is 176 g/mol. The summed E-state index contributed by atoms with van der Waals surface area (Å²) in [5, 5.41) is 9.42. The van der Waals surface area contributed by atoms with Gasteiger partial charge in [0.15, 0.2) is 0 Å². The van der Waals surface area contributed by atoms with Crippen molar-refractivity contribution >= 4 is 0 Å². The molecule has 1 aliphatic heterocycles. The predicted molar refractivity (Wildman–Crippen MR) is 57.0 cm³/mol. The van der Waals surface area contributed by atoms with Gasteiger partial charge in [-0.2, -0.15) is 0 Å². The number of likely N-dealkylation sites (tertiary alicyclic amines) is 1. The van der Waals surface area contributed by atoms with Gasteiger partial charge in [-0.15, -0.1) is 0 Å². The summed E-state index contributed by atoms with van der Waals surface area (Å²) >= 11 is 0. The summed E-state index contributed by atoms with van der Waals surface area (Å²) in [6, 6.07) is 0. The van der Waals surface area contributed by atoms with E-state index in [4.69, 9.17) is 5.73 Å². The topological polar surface area (TPSA) is 49.5 Å². The molecule has 2 fully saturated rings. The molecule has 0 amide bonds. The fourth-order valence-electron chi connectivity index (χ4n) is 3.39. The van der Waals surface area contributed by atoms with Crippen LogP contribution in [0.15, 0.2) is 0 Å². The highest BCUT2D eigenvalue weighted by molar-refractivity contribution is 4.98. The van der Waals surface area contributed by atoms with E-state index in [0.717, 1.165) is 19.6 Å². The van der Waals surface area contributed by atoms with E-state index < -0.39 is 0 Å². The minimum atomic E-state index is 0.362. The first-order chi connectivity index (χ1) is 6.80. The van der Waals surface area contributed by atoms with Crippen LogP contribution in [0.2, 0.25) is 0 Å².